The van der Waals surface area contributed by atoms with E-state index in [-0.39, 0.29) is 0 Å². The molecule has 2 heterocycles. The zero-order valence-electron chi connectivity index (χ0n) is 20.3. The van der Waals surface area contributed by atoms with Gasteiger partial charge in [0, 0.05) is 32.8 Å². The molecule has 0 atom stereocenters. The summed E-state index contributed by atoms with van der Waals surface area (Å²) in [7, 11) is 0. The molecule has 0 radical (unpaired) electrons. The molecule has 4 heteroatoms. The molecular formula is C34H20N4. The standard InChI is InChI=1S/C34H20N4/c1-35-28-21-26-29(25-19-11-12-20-27(25)36-30(26)22-13-5-2-6-14-22)34-33(28)37-31(23-15-7-3-8-16-23)32(38-34)24-17-9-4-10-18-24/h2-21H. The third-order valence-electron chi connectivity index (χ3n) is 6.85. The Morgan fingerprint density at radius 2 is 0.974 bits per heavy atom. The molecule has 0 aliphatic heterocycles. The fourth-order valence-electron chi connectivity index (χ4n) is 5.11. The number of benzene rings is 5. The second-order valence-electron chi connectivity index (χ2n) is 9.12. The largest absolute Gasteiger partial charge is 0.255 e. The fraction of sp³-hybridized carbons (Fsp3) is 0. The number of hydrogen-bond donors (Lipinski definition) is 0. The van der Waals surface area contributed by atoms with Crippen LogP contribution in [-0.2, 0) is 0 Å². The third-order valence-corrected chi connectivity index (χ3v) is 6.85. The van der Waals surface area contributed by atoms with Crippen LogP contribution >= 0.6 is 0 Å². The lowest BCUT2D eigenvalue weighted by Crippen LogP contribution is -1.98. The van der Waals surface area contributed by atoms with Crippen molar-refractivity contribution in [2.24, 2.45) is 0 Å². The first-order valence-electron chi connectivity index (χ1n) is 12.4. The van der Waals surface area contributed by atoms with Gasteiger partial charge in [-0.2, -0.15) is 0 Å². The molecule has 0 aliphatic carbocycles. The van der Waals surface area contributed by atoms with Crippen molar-refractivity contribution >= 4 is 38.4 Å². The van der Waals surface area contributed by atoms with Crippen LogP contribution in [0.3, 0.4) is 0 Å². The average molecular weight is 485 g/mol. The molecule has 0 aliphatic rings. The first-order chi connectivity index (χ1) is 18.8. The molecule has 7 rings (SSSR count). The molecule has 0 N–H and O–H groups in total. The molecule has 38 heavy (non-hydrogen) atoms. The van der Waals surface area contributed by atoms with E-state index in [0.717, 1.165) is 55.4 Å². The molecule has 0 fully saturated rings. The summed E-state index contributed by atoms with van der Waals surface area (Å²) >= 11 is 0. The number of rotatable bonds is 3. The van der Waals surface area contributed by atoms with Gasteiger partial charge in [-0.05, 0) is 12.1 Å². The molecule has 0 spiro atoms. The van der Waals surface area contributed by atoms with Crippen molar-refractivity contribution in [3.8, 4) is 33.8 Å². The van der Waals surface area contributed by atoms with Gasteiger partial charge in [0.05, 0.1) is 40.2 Å². The maximum Gasteiger partial charge on any atom is 0.215 e. The van der Waals surface area contributed by atoms with Gasteiger partial charge in [-0.25, -0.2) is 14.8 Å². The summed E-state index contributed by atoms with van der Waals surface area (Å²) in [5.74, 6) is 0. The Bertz CT molecular complexity index is 2010. The van der Waals surface area contributed by atoms with Crippen LogP contribution in [0, 0.1) is 6.57 Å². The van der Waals surface area contributed by atoms with Gasteiger partial charge in [-0.1, -0.05) is 109 Å². The fourth-order valence-corrected chi connectivity index (χ4v) is 5.11. The van der Waals surface area contributed by atoms with Crippen molar-refractivity contribution in [1.29, 1.82) is 0 Å². The maximum absolute atomic E-state index is 8.07. The van der Waals surface area contributed by atoms with Crippen LogP contribution in [0.4, 0.5) is 5.69 Å². The molecule has 0 saturated carbocycles. The van der Waals surface area contributed by atoms with Gasteiger partial charge in [0.25, 0.3) is 0 Å². The molecule has 0 saturated heterocycles. The maximum atomic E-state index is 8.07. The SMILES string of the molecule is [C-]#[N+]c1cc2c(-c3ccccc3)nc3ccccc3c2c2nc(-c3ccccc3)c(-c3ccccc3)nc12. The van der Waals surface area contributed by atoms with Crippen molar-refractivity contribution in [2.75, 3.05) is 0 Å². The van der Waals surface area contributed by atoms with E-state index in [2.05, 4.69) is 35.2 Å². The Morgan fingerprint density at radius 1 is 0.474 bits per heavy atom. The van der Waals surface area contributed by atoms with Crippen LogP contribution in [0.1, 0.15) is 0 Å². The van der Waals surface area contributed by atoms with Gasteiger partial charge in [0.1, 0.15) is 0 Å². The molecule has 0 amide bonds. The van der Waals surface area contributed by atoms with Crippen molar-refractivity contribution in [3.63, 3.8) is 0 Å². The second kappa shape index (κ2) is 8.92. The van der Waals surface area contributed by atoms with E-state index >= 15 is 0 Å². The van der Waals surface area contributed by atoms with Gasteiger partial charge < -0.3 is 0 Å². The smallest absolute Gasteiger partial charge is 0.215 e. The van der Waals surface area contributed by atoms with Crippen LogP contribution in [0.2, 0.25) is 0 Å². The van der Waals surface area contributed by atoms with Crippen molar-refractivity contribution in [1.82, 2.24) is 15.0 Å². The zero-order chi connectivity index (χ0) is 25.5. The van der Waals surface area contributed by atoms with Crippen LogP contribution < -0.4 is 0 Å². The number of para-hydroxylation sites is 1. The van der Waals surface area contributed by atoms with Crippen molar-refractivity contribution in [3.05, 3.63) is 133 Å². The Kier molecular flexibility index (Phi) is 5.13. The topological polar surface area (TPSA) is 43.0 Å². The van der Waals surface area contributed by atoms with Gasteiger partial charge in [0.15, 0.2) is 0 Å². The molecular weight excluding hydrogens is 464 g/mol. The number of aromatic nitrogens is 3. The van der Waals surface area contributed by atoms with Gasteiger partial charge in [-0.15, -0.1) is 0 Å². The number of pyridine rings is 1. The van der Waals surface area contributed by atoms with Crippen molar-refractivity contribution in [2.45, 2.75) is 0 Å². The first kappa shape index (κ1) is 21.8. The predicted molar refractivity (Wildman–Crippen MR) is 155 cm³/mol. The minimum absolute atomic E-state index is 0.464. The quantitative estimate of drug-likeness (QED) is 0.186. The molecule has 2 aromatic heterocycles. The first-order valence-corrected chi connectivity index (χ1v) is 12.4. The van der Waals surface area contributed by atoms with Crippen LogP contribution in [0.25, 0.3) is 71.3 Å². The normalized spacial score (nSPS) is 11.1. The monoisotopic (exact) mass is 484 g/mol. The van der Waals surface area contributed by atoms with E-state index in [1.54, 1.807) is 0 Å². The Balaban J connectivity index is 1.70. The van der Waals surface area contributed by atoms with Crippen LogP contribution in [-0.4, -0.2) is 15.0 Å². The van der Waals surface area contributed by atoms with E-state index in [1.807, 2.05) is 91.0 Å². The number of hydrogen-bond acceptors (Lipinski definition) is 3. The molecule has 0 bridgehead atoms. The highest BCUT2D eigenvalue weighted by molar-refractivity contribution is 6.23. The molecule has 176 valence electrons. The van der Waals surface area contributed by atoms with Crippen LogP contribution in [0.15, 0.2) is 121 Å². The lowest BCUT2D eigenvalue weighted by atomic mass is 9.97. The minimum atomic E-state index is 0.464. The summed E-state index contributed by atoms with van der Waals surface area (Å²) in [6.45, 7) is 8.07. The molecule has 4 nitrogen and oxygen atoms in total. The summed E-state index contributed by atoms with van der Waals surface area (Å²) in [6.07, 6.45) is 0. The average Bonchev–Trinajstić information content (AvgIpc) is 3.00. The van der Waals surface area contributed by atoms with Crippen molar-refractivity contribution < 1.29 is 0 Å². The Morgan fingerprint density at radius 3 is 1.55 bits per heavy atom. The summed E-state index contributed by atoms with van der Waals surface area (Å²) in [5.41, 5.74) is 7.97. The zero-order valence-corrected chi connectivity index (χ0v) is 20.3. The lowest BCUT2D eigenvalue weighted by molar-refractivity contribution is 1.30. The number of nitrogens with zero attached hydrogens (tertiary/aromatic N) is 4. The van der Waals surface area contributed by atoms with Crippen LogP contribution in [0.5, 0.6) is 0 Å². The van der Waals surface area contributed by atoms with Gasteiger partial charge >= 0.3 is 0 Å². The lowest BCUT2D eigenvalue weighted by Gasteiger charge is -2.16. The molecule has 5 aromatic carbocycles. The second-order valence-corrected chi connectivity index (χ2v) is 9.12. The Hall–Kier alpha value is -5.40. The summed E-state index contributed by atoms with van der Waals surface area (Å²) in [5, 5.41) is 2.85. The van der Waals surface area contributed by atoms with E-state index in [0.29, 0.717) is 16.7 Å². The third kappa shape index (κ3) is 3.49. The van der Waals surface area contributed by atoms with Gasteiger partial charge in [0.2, 0.25) is 5.69 Å². The molecule has 0 unspecified atom stereocenters. The Labute approximate surface area is 219 Å². The summed E-state index contributed by atoms with van der Waals surface area (Å²) in [4.78, 5) is 19.4. The van der Waals surface area contributed by atoms with E-state index in [9.17, 15) is 0 Å². The van der Waals surface area contributed by atoms with E-state index < -0.39 is 0 Å². The predicted octanol–water partition coefficient (Wildman–Crippen LogP) is 8.88. The number of fused-ring (bicyclic) bond motifs is 5. The highest BCUT2D eigenvalue weighted by Gasteiger charge is 2.21. The summed E-state index contributed by atoms with van der Waals surface area (Å²) < 4.78 is 0. The summed E-state index contributed by atoms with van der Waals surface area (Å²) in [6, 6.07) is 40.3. The van der Waals surface area contributed by atoms with E-state index in [4.69, 9.17) is 21.5 Å². The highest BCUT2D eigenvalue weighted by Crippen LogP contribution is 2.42. The van der Waals surface area contributed by atoms with E-state index in [1.165, 1.54) is 0 Å². The minimum Gasteiger partial charge on any atom is -0.255 e. The highest BCUT2D eigenvalue weighted by atomic mass is 14.9. The molecule has 7 aromatic rings. The van der Waals surface area contributed by atoms with Gasteiger partial charge in [-0.3, -0.25) is 4.98 Å².